The third-order valence-corrected chi connectivity index (χ3v) is 5.24. The minimum absolute atomic E-state index is 0.00460. The van der Waals surface area contributed by atoms with Crippen molar-refractivity contribution in [2.75, 3.05) is 13.1 Å². The van der Waals surface area contributed by atoms with Gasteiger partial charge >= 0.3 is 0 Å². The molecule has 7 heteroatoms. The van der Waals surface area contributed by atoms with Gasteiger partial charge in [-0.05, 0) is 49.2 Å². The van der Waals surface area contributed by atoms with Crippen LogP contribution >= 0.6 is 0 Å². The highest BCUT2D eigenvalue weighted by molar-refractivity contribution is 5.65. The summed E-state index contributed by atoms with van der Waals surface area (Å²) in [6.45, 7) is 1.20. The van der Waals surface area contributed by atoms with Gasteiger partial charge in [0.05, 0.1) is 6.20 Å². The smallest absolute Gasteiger partial charge is 0.166 e. The highest BCUT2D eigenvalue weighted by atomic mass is 19.2. The second kappa shape index (κ2) is 7.75. The molecule has 1 atom stereocenters. The molecular weight excluding hydrogens is 370 g/mol. The zero-order chi connectivity index (χ0) is 19.7. The van der Waals surface area contributed by atoms with E-state index in [2.05, 4.69) is 10.2 Å². The first-order valence-corrected chi connectivity index (χ1v) is 9.17. The number of hydrogen-bond acceptors (Lipinski definition) is 2. The lowest BCUT2D eigenvalue weighted by Crippen LogP contribution is -2.34. The average molecular weight is 389 g/mol. The molecule has 0 amide bonds. The molecule has 146 valence electrons. The second-order valence-electron chi connectivity index (χ2n) is 7.10. The Hall–Kier alpha value is -2.67. The lowest BCUT2D eigenvalue weighted by atomic mass is 9.90. The zero-order valence-corrected chi connectivity index (χ0v) is 15.1. The van der Waals surface area contributed by atoms with E-state index in [1.165, 1.54) is 12.1 Å². The maximum Gasteiger partial charge on any atom is 0.166 e. The van der Waals surface area contributed by atoms with Gasteiger partial charge in [0.15, 0.2) is 11.6 Å². The molecule has 0 aliphatic carbocycles. The third-order valence-electron chi connectivity index (χ3n) is 5.24. The van der Waals surface area contributed by atoms with Crippen LogP contribution in [0.4, 0.5) is 17.6 Å². The molecule has 0 spiro atoms. The summed E-state index contributed by atoms with van der Waals surface area (Å²) in [7, 11) is 0. The summed E-state index contributed by atoms with van der Waals surface area (Å²) in [5, 5.41) is 7.12. The topological polar surface area (TPSA) is 31.9 Å². The highest BCUT2D eigenvalue weighted by Gasteiger charge is 2.27. The van der Waals surface area contributed by atoms with Crippen LogP contribution in [0.25, 0.3) is 11.1 Å². The number of piperidine rings is 1. The van der Waals surface area contributed by atoms with Gasteiger partial charge in [-0.1, -0.05) is 12.1 Å². The average Bonchev–Trinajstić information content (AvgIpc) is 3.18. The molecule has 1 saturated heterocycles. The van der Waals surface area contributed by atoms with Crippen molar-refractivity contribution in [3.63, 3.8) is 0 Å². The SMILES string of the molecule is Fc1cccc(-c2cn[nH]c2[C@@H]2CCCN(Cc3c(F)ccc(F)c3F)C2)c1. The van der Waals surface area contributed by atoms with E-state index in [0.717, 1.165) is 41.8 Å². The molecule has 4 rings (SSSR count). The molecule has 3 nitrogen and oxygen atoms in total. The summed E-state index contributed by atoms with van der Waals surface area (Å²) < 4.78 is 55.1. The standard InChI is InChI=1S/C21H19F4N3/c22-15-5-1-3-13(9-15)16-10-26-27-21(16)14-4-2-8-28(11-14)12-17-18(23)6-7-19(24)20(17)25/h1,3,5-7,9-10,14H,2,4,8,11-12H2,(H,26,27)/t14-/m1/s1. The number of benzene rings is 2. The molecule has 3 aromatic rings. The number of rotatable bonds is 4. The van der Waals surface area contributed by atoms with Crippen molar-refractivity contribution in [3.05, 3.63) is 77.1 Å². The Morgan fingerprint density at radius 3 is 2.71 bits per heavy atom. The van der Waals surface area contributed by atoms with E-state index < -0.39 is 17.5 Å². The van der Waals surface area contributed by atoms with Crippen molar-refractivity contribution in [1.29, 1.82) is 0 Å². The van der Waals surface area contributed by atoms with Gasteiger partial charge in [-0.2, -0.15) is 5.10 Å². The Morgan fingerprint density at radius 1 is 1.07 bits per heavy atom. The largest absolute Gasteiger partial charge is 0.298 e. The molecule has 1 N–H and O–H groups in total. The van der Waals surface area contributed by atoms with Crippen LogP contribution < -0.4 is 0 Å². The number of likely N-dealkylation sites (tertiary alicyclic amines) is 1. The van der Waals surface area contributed by atoms with Crippen molar-refractivity contribution in [2.45, 2.75) is 25.3 Å². The highest BCUT2D eigenvalue weighted by Crippen LogP contribution is 2.34. The number of hydrogen-bond donors (Lipinski definition) is 1. The minimum atomic E-state index is -1.14. The Morgan fingerprint density at radius 2 is 1.89 bits per heavy atom. The summed E-state index contributed by atoms with van der Waals surface area (Å²) in [6.07, 6.45) is 3.36. The van der Waals surface area contributed by atoms with Crippen LogP contribution in [-0.2, 0) is 6.54 Å². The normalized spacial score (nSPS) is 17.8. The van der Waals surface area contributed by atoms with E-state index in [1.54, 1.807) is 12.3 Å². The van der Waals surface area contributed by atoms with Crippen LogP contribution in [0.5, 0.6) is 0 Å². The first kappa shape index (κ1) is 18.7. The maximum atomic E-state index is 14.0. The van der Waals surface area contributed by atoms with Gasteiger partial charge in [0, 0.05) is 35.8 Å². The Balaban J connectivity index is 1.56. The van der Waals surface area contributed by atoms with Crippen LogP contribution in [-0.4, -0.2) is 28.2 Å². The molecule has 28 heavy (non-hydrogen) atoms. The zero-order valence-electron chi connectivity index (χ0n) is 15.1. The third kappa shape index (κ3) is 3.67. The van der Waals surface area contributed by atoms with Crippen molar-refractivity contribution in [3.8, 4) is 11.1 Å². The van der Waals surface area contributed by atoms with Gasteiger partial charge in [-0.3, -0.25) is 10.00 Å². The molecule has 1 aromatic heterocycles. The maximum absolute atomic E-state index is 14.0. The van der Waals surface area contributed by atoms with Crippen LogP contribution in [0, 0.1) is 23.3 Å². The van der Waals surface area contributed by atoms with E-state index in [4.69, 9.17) is 0 Å². The Kier molecular flexibility index (Phi) is 5.17. The van der Waals surface area contributed by atoms with Gasteiger partial charge in [-0.15, -0.1) is 0 Å². The Labute approximate surface area is 160 Å². The fourth-order valence-corrected chi connectivity index (χ4v) is 3.87. The van der Waals surface area contributed by atoms with Crippen LogP contribution in [0.2, 0.25) is 0 Å². The predicted octanol–water partition coefficient (Wildman–Crippen LogP) is 5.01. The van der Waals surface area contributed by atoms with Crippen molar-refractivity contribution in [2.24, 2.45) is 0 Å². The summed E-state index contributed by atoms with van der Waals surface area (Å²) >= 11 is 0. The molecule has 1 aliphatic rings. The molecule has 2 heterocycles. The number of nitrogens with zero attached hydrogens (tertiary/aromatic N) is 2. The van der Waals surface area contributed by atoms with Crippen molar-refractivity contribution >= 4 is 0 Å². The van der Waals surface area contributed by atoms with Crippen molar-refractivity contribution in [1.82, 2.24) is 15.1 Å². The molecule has 0 bridgehead atoms. The van der Waals surface area contributed by atoms with E-state index >= 15 is 0 Å². The monoisotopic (exact) mass is 389 g/mol. The van der Waals surface area contributed by atoms with Crippen LogP contribution in [0.1, 0.15) is 30.0 Å². The molecule has 0 saturated carbocycles. The Bertz CT molecular complexity index is 986. The van der Waals surface area contributed by atoms with E-state index in [9.17, 15) is 17.6 Å². The first-order chi connectivity index (χ1) is 13.5. The molecular formula is C21H19F4N3. The van der Waals surface area contributed by atoms with Gasteiger partial charge in [-0.25, -0.2) is 17.6 Å². The van der Waals surface area contributed by atoms with Gasteiger partial charge in [0.1, 0.15) is 11.6 Å². The van der Waals surface area contributed by atoms with E-state index in [0.29, 0.717) is 13.1 Å². The molecule has 1 fully saturated rings. The number of halogens is 4. The summed E-state index contributed by atoms with van der Waals surface area (Å²) in [5.74, 6) is -3.21. The first-order valence-electron chi connectivity index (χ1n) is 9.17. The lowest BCUT2D eigenvalue weighted by molar-refractivity contribution is 0.193. The molecule has 1 aliphatic heterocycles. The summed E-state index contributed by atoms with van der Waals surface area (Å²) in [4.78, 5) is 1.91. The quantitative estimate of drug-likeness (QED) is 0.502. The van der Waals surface area contributed by atoms with Gasteiger partial charge in [0.25, 0.3) is 0 Å². The molecule has 0 unspecified atom stereocenters. The van der Waals surface area contributed by atoms with Gasteiger partial charge in [0.2, 0.25) is 0 Å². The molecule has 0 radical (unpaired) electrons. The van der Waals surface area contributed by atoms with Crippen LogP contribution in [0.15, 0.2) is 42.6 Å². The number of H-pyrrole nitrogens is 1. The van der Waals surface area contributed by atoms with Crippen molar-refractivity contribution < 1.29 is 17.6 Å². The number of nitrogens with one attached hydrogen (secondary N) is 1. The fourth-order valence-electron chi connectivity index (χ4n) is 3.87. The van der Waals surface area contributed by atoms with E-state index in [1.807, 2.05) is 11.0 Å². The summed E-state index contributed by atoms with van der Waals surface area (Å²) in [5.41, 5.74) is 2.16. The van der Waals surface area contributed by atoms with Crippen LogP contribution in [0.3, 0.4) is 0 Å². The lowest BCUT2D eigenvalue weighted by Gasteiger charge is -2.32. The minimum Gasteiger partial charge on any atom is -0.298 e. The number of aromatic nitrogens is 2. The number of aromatic amines is 1. The fraction of sp³-hybridized carbons (Fsp3) is 0.286. The van der Waals surface area contributed by atoms with E-state index in [-0.39, 0.29) is 23.8 Å². The predicted molar refractivity (Wildman–Crippen MR) is 97.5 cm³/mol. The van der Waals surface area contributed by atoms with Gasteiger partial charge < -0.3 is 0 Å². The second-order valence-corrected chi connectivity index (χ2v) is 7.10. The molecule has 2 aromatic carbocycles. The summed E-state index contributed by atoms with van der Waals surface area (Å²) in [6, 6.07) is 8.04.